The molecule has 11 heteroatoms. The highest BCUT2D eigenvalue weighted by Gasteiger charge is 2.45. The average Bonchev–Trinajstić information content (AvgIpc) is 3.55. The predicted octanol–water partition coefficient (Wildman–Crippen LogP) is 2.86. The molecule has 1 atom stereocenters. The number of benzene rings is 1. The highest BCUT2D eigenvalue weighted by atomic mass is 16.5. The lowest BCUT2D eigenvalue weighted by Crippen LogP contribution is -2.51. The van der Waals surface area contributed by atoms with E-state index >= 15 is 0 Å². The van der Waals surface area contributed by atoms with Crippen LogP contribution in [-0.2, 0) is 20.9 Å². The molecule has 0 saturated carbocycles. The molecule has 41 heavy (non-hydrogen) atoms. The Bertz CT molecular complexity index is 1400. The smallest absolute Gasteiger partial charge is 0.264 e. The van der Waals surface area contributed by atoms with Gasteiger partial charge in [0.1, 0.15) is 6.04 Å². The van der Waals surface area contributed by atoms with E-state index in [0.717, 1.165) is 36.1 Å². The third kappa shape index (κ3) is 5.03. The molecule has 1 unspecified atom stereocenters. The Hall–Kier alpha value is -3.99. The van der Waals surface area contributed by atoms with Crippen molar-refractivity contribution in [2.24, 2.45) is 5.41 Å². The van der Waals surface area contributed by atoms with Crippen molar-refractivity contribution in [2.45, 2.75) is 64.1 Å². The van der Waals surface area contributed by atoms with E-state index in [4.69, 9.17) is 4.74 Å². The van der Waals surface area contributed by atoms with Crippen LogP contribution in [0.1, 0.15) is 77.8 Å². The molecule has 216 valence electrons. The largest absolute Gasteiger partial charge is 0.381 e. The highest BCUT2D eigenvalue weighted by Crippen LogP contribution is 2.35. The number of carbonyl (C=O) groups is 4. The van der Waals surface area contributed by atoms with Gasteiger partial charge in [-0.3, -0.25) is 28.8 Å². The Labute approximate surface area is 238 Å². The van der Waals surface area contributed by atoms with Gasteiger partial charge in [0.15, 0.2) is 0 Å². The second-order valence-electron chi connectivity index (χ2n) is 11.7. The number of fused-ring (bicyclic) bond motifs is 1. The van der Waals surface area contributed by atoms with E-state index in [0.29, 0.717) is 62.6 Å². The zero-order chi connectivity index (χ0) is 28.7. The second-order valence-corrected chi connectivity index (χ2v) is 11.7. The molecule has 5 heterocycles. The van der Waals surface area contributed by atoms with Gasteiger partial charge in [-0.2, -0.15) is 5.10 Å². The molecule has 4 aliphatic rings. The third-order valence-electron chi connectivity index (χ3n) is 8.96. The van der Waals surface area contributed by atoms with Gasteiger partial charge in [0.2, 0.25) is 11.8 Å². The van der Waals surface area contributed by atoms with Gasteiger partial charge >= 0.3 is 0 Å². The number of aromatic nitrogens is 2. The van der Waals surface area contributed by atoms with E-state index in [1.807, 2.05) is 15.8 Å². The Kier molecular flexibility index (Phi) is 7.14. The van der Waals surface area contributed by atoms with E-state index in [1.165, 1.54) is 0 Å². The standard InChI is InChI=1S/C30H36N6O5/c1-19-6-7-24(26(37)33-19)36-27(38)22-4-3-5-23(25(22)28(36)39)31-16-20-17-32-35(18-20)21-8-12-34(13-9-21)29(40)30(2)10-14-41-15-11-30/h3-5,17-18,21,24,31H,1,6-16H2,2H3,(H,33,37). The Morgan fingerprint density at radius 1 is 1.15 bits per heavy atom. The number of nitrogens with one attached hydrogen (secondary N) is 2. The SMILES string of the molecule is C=C1CCC(N2C(=O)c3cccc(NCc4cnn(C5CCN(C(=O)C6(C)CCOCC6)CC5)c4)c3C2=O)C(=O)N1. The van der Waals surface area contributed by atoms with Gasteiger partial charge in [0.05, 0.1) is 28.8 Å². The first-order valence-corrected chi connectivity index (χ1v) is 14.4. The summed E-state index contributed by atoms with van der Waals surface area (Å²) in [4.78, 5) is 55.3. The van der Waals surface area contributed by atoms with Crippen molar-refractivity contribution >= 4 is 29.3 Å². The van der Waals surface area contributed by atoms with Gasteiger partial charge in [0.25, 0.3) is 11.8 Å². The van der Waals surface area contributed by atoms with E-state index in [9.17, 15) is 19.2 Å². The van der Waals surface area contributed by atoms with Crippen molar-refractivity contribution in [3.05, 3.63) is 59.6 Å². The fourth-order valence-electron chi connectivity index (χ4n) is 6.36. The molecule has 0 radical (unpaired) electrons. The van der Waals surface area contributed by atoms with Crippen LogP contribution < -0.4 is 10.6 Å². The monoisotopic (exact) mass is 560 g/mol. The van der Waals surface area contributed by atoms with Crippen molar-refractivity contribution in [1.29, 1.82) is 0 Å². The number of hydrogen-bond acceptors (Lipinski definition) is 7. The summed E-state index contributed by atoms with van der Waals surface area (Å²) < 4.78 is 7.43. The average molecular weight is 561 g/mol. The minimum absolute atomic E-state index is 0.210. The number of carbonyl (C=O) groups excluding carboxylic acids is 4. The van der Waals surface area contributed by atoms with Crippen molar-refractivity contribution in [1.82, 2.24) is 24.9 Å². The number of allylic oxidation sites excluding steroid dienone is 1. The van der Waals surface area contributed by atoms with Crippen LogP contribution in [0.3, 0.4) is 0 Å². The first-order chi connectivity index (χ1) is 19.7. The molecule has 4 aliphatic heterocycles. The minimum Gasteiger partial charge on any atom is -0.381 e. The lowest BCUT2D eigenvalue weighted by atomic mass is 9.80. The molecule has 0 spiro atoms. The van der Waals surface area contributed by atoms with Gasteiger partial charge in [-0.1, -0.05) is 19.6 Å². The number of nitrogens with zero attached hydrogens (tertiary/aromatic N) is 4. The number of rotatable bonds is 6. The van der Waals surface area contributed by atoms with Crippen molar-refractivity contribution < 1.29 is 23.9 Å². The van der Waals surface area contributed by atoms with Crippen LogP contribution in [0.2, 0.25) is 0 Å². The topological polar surface area (TPSA) is 126 Å². The molecule has 3 fully saturated rings. The molecule has 4 amide bonds. The van der Waals surface area contributed by atoms with Crippen LogP contribution in [0.25, 0.3) is 0 Å². The molecule has 6 rings (SSSR count). The van der Waals surface area contributed by atoms with Crippen LogP contribution in [0.15, 0.2) is 42.9 Å². The highest BCUT2D eigenvalue weighted by molar-refractivity contribution is 6.25. The quantitative estimate of drug-likeness (QED) is 0.521. The first kappa shape index (κ1) is 27.2. The maximum absolute atomic E-state index is 13.4. The summed E-state index contributed by atoms with van der Waals surface area (Å²) in [5.41, 5.74) is 2.34. The number of hydrogen-bond donors (Lipinski definition) is 2. The maximum Gasteiger partial charge on any atom is 0.264 e. The van der Waals surface area contributed by atoms with Crippen LogP contribution in [0.4, 0.5) is 5.69 Å². The Morgan fingerprint density at radius 3 is 2.63 bits per heavy atom. The van der Waals surface area contributed by atoms with E-state index in [-0.39, 0.29) is 28.8 Å². The lowest BCUT2D eigenvalue weighted by Gasteiger charge is -2.40. The summed E-state index contributed by atoms with van der Waals surface area (Å²) >= 11 is 0. The van der Waals surface area contributed by atoms with Gasteiger partial charge in [0, 0.05) is 56.0 Å². The van der Waals surface area contributed by atoms with Crippen LogP contribution in [0.5, 0.6) is 0 Å². The van der Waals surface area contributed by atoms with Gasteiger partial charge in [-0.15, -0.1) is 0 Å². The van der Waals surface area contributed by atoms with Crippen LogP contribution >= 0.6 is 0 Å². The van der Waals surface area contributed by atoms with Gasteiger partial charge in [-0.25, -0.2) is 0 Å². The molecule has 2 aromatic rings. The molecule has 11 nitrogen and oxygen atoms in total. The number of amides is 4. The third-order valence-corrected chi connectivity index (χ3v) is 8.96. The normalized spacial score (nSPS) is 23.0. The predicted molar refractivity (Wildman–Crippen MR) is 150 cm³/mol. The maximum atomic E-state index is 13.4. The van der Waals surface area contributed by atoms with Crippen LogP contribution in [-0.4, -0.2) is 75.6 Å². The van der Waals surface area contributed by atoms with Gasteiger partial charge in [-0.05, 0) is 50.7 Å². The van der Waals surface area contributed by atoms with Crippen molar-refractivity contribution in [3.8, 4) is 0 Å². The zero-order valence-corrected chi connectivity index (χ0v) is 23.4. The zero-order valence-electron chi connectivity index (χ0n) is 23.4. The van der Waals surface area contributed by atoms with Gasteiger partial charge < -0.3 is 20.3 Å². The van der Waals surface area contributed by atoms with Crippen molar-refractivity contribution in [2.75, 3.05) is 31.6 Å². The number of imide groups is 1. The fourth-order valence-corrected chi connectivity index (χ4v) is 6.36. The Balaban J connectivity index is 1.08. The first-order valence-electron chi connectivity index (χ1n) is 14.4. The molecule has 1 aromatic heterocycles. The number of ether oxygens (including phenoxy) is 1. The molecular weight excluding hydrogens is 524 g/mol. The fraction of sp³-hybridized carbons (Fsp3) is 0.500. The number of piperidine rings is 2. The summed E-state index contributed by atoms with van der Waals surface area (Å²) in [7, 11) is 0. The summed E-state index contributed by atoms with van der Waals surface area (Å²) in [5.74, 6) is -1.07. The number of anilines is 1. The molecule has 0 bridgehead atoms. The summed E-state index contributed by atoms with van der Waals surface area (Å²) in [5, 5.41) is 10.6. The van der Waals surface area contributed by atoms with E-state index < -0.39 is 17.9 Å². The molecule has 0 aliphatic carbocycles. The molecule has 2 N–H and O–H groups in total. The van der Waals surface area contributed by atoms with E-state index in [1.54, 1.807) is 24.4 Å². The summed E-state index contributed by atoms with van der Waals surface area (Å²) in [6.45, 7) is 8.96. The summed E-state index contributed by atoms with van der Waals surface area (Å²) in [6.07, 6.45) is 7.90. The van der Waals surface area contributed by atoms with Crippen molar-refractivity contribution in [3.63, 3.8) is 0 Å². The summed E-state index contributed by atoms with van der Waals surface area (Å²) in [6, 6.07) is 4.49. The Morgan fingerprint density at radius 2 is 1.90 bits per heavy atom. The second kappa shape index (κ2) is 10.8. The van der Waals surface area contributed by atoms with E-state index in [2.05, 4.69) is 29.2 Å². The minimum atomic E-state index is -0.847. The number of likely N-dealkylation sites (tertiary alicyclic amines) is 1. The molecule has 1 aromatic carbocycles. The molecular formula is C30H36N6O5. The molecule has 3 saturated heterocycles. The van der Waals surface area contributed by atoms with Crippen LogP contribution in [0, 0.1) is 5.41 Å². The lowest BCUT2D eigenvalue weighted by molar-refractivity contribution is -0.147.